The number of aromatic nitrogens is 3. The number of aryl methyl sites for hydroxylation is 1. The number of benzene rings is 1. The third kappa shape index (κ3) is 12.6. The fourth-order valence-corrected chi connectivity index (χ4v) is 10.3. The lowest BCUT2D eigenvalue weighted by Crippen LogP contribution is -2.67. The van der Waals surface area contributed by atoms with E-state index in [9.17, 15) is 55.2 Å². The summed E-state index contributed by atoms with van der Waals surface area (Å²) in [6.07, 6.45) is -17.5. The molecule has 0 spiro atoms. The molecule has 3 amide bonds. The fraction of sp³-hybridized carbons (Fsp3) is 0.771. The molecule has 0 radical (unpaired) electrons. The van der Waals surface area contributed by atoms with Gasteiger partial charge in [0.25, 0.3) is 5.91 Å². The van der Waals surface area contributed by atoms with E-state index in [1.54, 1.807) is 11.1 Å². The van der Waals surface area contributed by atoms with Crippen LogP contribution in [-0.2, 0) is 47.5 Å². The maximum atomic E-state index is 14.2. The van der Waals surface area contributed by atoms with Crippen LogP contribution in [0.5, 0.6) is 0 Å². The molecule has 10 N–H and O–H groups in total. The minimum absolute atomic E-state index is 0.0571. The minimum Gasteiger partial charge on any atom is -0.394 e. The van der Waals surface area contributed by atoms with Crippen molar-refractivity contribution in [1.29, 1.82) is 0 Å². The summed E-state index contributed by atoms with van der Waals surface area (Å²) < 4.78 is 44.6. The van der Waals surface area contributed by atoms with Crippen LogP contribution < -0.4 is 10.6 Å². The number of aliphatic hydroxyl groups excluding tert-OH is 8. The molecule has 1 saturated carbocycles. The number of ether oxygens (including phenoxy) is 7. The van der Waals surface area contributed by atoms with Gasteiger partial charge in [-0.3, -0.25) is 14.4 Å². The monoisotopic (exact) mass is 1020 g/mol. The second kappa shape index (κ2) is 25.1. The molecule has 5 aliphatic rings. The largest absolute Gasteiger partial charge is 0.394 e. The van der Waals surface area contributed by atoms with E-state index in [0.29, 0.717) is 38.0 Å². The molecule has 9 unspecified atom stereocenters. The summed E-state index contributed by atoms with van der Waals surface area (Å²) in [6, 6.07) is 5.17. The van der Waals surface area contributed by atoms with Crippen molar-refractivity contribution in [3.63, 3.8) is 0 Å². The van der Waals surface area contributed by atoms with Crippen molar-refractivity contribution in [3.05, 3.63) is 36.0 Å². The van der Waals surface area contributed by atoms with Crippen molar-refractivity contribution in [1.82, 2.24) is 30.5 Å². The van der Waals surface area contributed by atoms with E-state index in [1.165, 1.54) is 18.5 Å². The zero-order valence-corrected chi connectivity index (χ0v) is 41.4. The van der Waals surface area contributed by atoms with Gasteiger partial charge in [0.15, 0.2) is 18.9 Å². The second-order valence-electron chi connectivity index (χ2n) is 19.6. The SMILES string of the molecule is CCC[C@H](OC1C(NC(C)=O)[C@H](O[C@@H]2CC(C(=O)NCCO[C@H]3OC(CO)[C@@H](O)C(n4cc(-c5cccc(C)c5)nn4)C3O)CC(CC)[C@H]2O[C@@H]2OC(C)[C@@H](O)[C@H](O)C2O)O[C@@H](CO)[C@@H]1O)C(=O)N1CCC1. The Labute approximate surface area is 417 Å². The molecule has 5 heterocycles. The van der Waals surface area contributed by atoms with Gasteiger partial charge in [-0.1, -0.05) is 55.7 Å². The Morgan fingerprint density at radius 2 is 1.58 bits per heavy atom. The lowest BCUT2D eigenvalue weighted by molar-refractivity contribution is -0.338. The summed E-state index contributed by atoms with van der Waals surface area (Å²) in [6.45, 7) is 7.94. The van der Waals surface area contributed by atoms with Gasteiger partial charge in [0.05, 0.1) is 44.3 Å². The van der Waals surface area contributed by atoms with E-state index in [4.69, 9.17) is 33.2 Å². The minimum atomic E-state index is -1.69. The molecular weight excluding hydrogens is 949 g/mol. The highest BCUT2D eigenvalue weighted by Crippen LogP contribution is 2.40. The predicted octanol–water partition coefficient (Wildman–Crippen LogP) is -2.23. The van der Waals surface area contributed by atoms with Gasteiger partial charge in [-0.25, -0.2) is 4.68 Å². The molecule has 2 aromatic rings. The summed E-state index contributed by atoms with van der Waals surface area (Å²) >= 11 is 0. The number of hydrogen-bond donors (Lipinski definition) is 10. The first-order chi connectivity index (χ1) is 34.5. The molecule has 4 saturated heterocycles. The Balaban J connectivity index is 1.08. The summed E-state index contributed by atoms with van der Waals surface area (Å²) in [5, 5.41) is 101. The number of rotatable bonds is 20. The van der Waals surface area contributed by atoms with Crippen molar-refractivity contribution >= 4 is 17.7 Å². The van der Waals surface area contributed by atoms with E-state index in [1.807, 2.05) is 45.0 Å². The number of nitrogens with one attached hydrogen (secondary N) is 2. The van der Waals surface area contributed by atoms with Crippen molar-refractivity contribution < 1.29 is 88.4 Å². The summed E-state index contributed by atoms with van der Waals surface area (Å²) in [5.41, 5.74) is 2.26. The summed E-state index contributed by atoms with van der Waals surface area (Å²) in [7, 11) is 0. The van der Waals surface area contributed by atoms with Gasteiger partial charge >= 0.3 is 0 Å². The van der Waals surface area contributed by atoms with Gasteiger partial charge in [-0.15, -0.1) is 5.10 Å². The molecule has 1 aromatic carbocycles. The quantitative estimate of drug-likeness (QED) is 0.0628. The number of amides is 3. The topological polar surface area (TPSA) is 336 Å². The molecule has 1 aliphatic carbocycles. The molecule has 72 heavy (non-hydrogen) atoms. The van der Waals surface area contributed by atoms with Crippen LogP contribution >= 0.6 is 0 Å². The van der Waals surface area contributed by atoms with E-state index < -0.39 is 147 Å². The highest BCUT2D eigenvalue weighted by molar-refractivity contribution is 5.81. The van der Waals surface area contributed by atoms with Gasteiger partial charge in [-0.05, 0) is 51.5 Å². The maximum absolute atomic E-state index is 14.2. The average Bonchev–Trinajstić information content (AvgIpc) is 3.83. The zero-order chi connectivity index (χ0) is 52.0. The number of nitrogens with zero attached hydrogens (tertiary/aromatic N) is 4. The molecule has 7 rings (SSSR count). The van der Waals surface area contributed by atoms with Crippen molar-refractivity contribution in [2.75, 3.05) is 39.5 Å². The number of aliphatic hydroxyl groups is 8. The molecule has 24 nitrogen and oxygen atoms in total. The molecular formula is C48H74N6O18. The molecule has 4 aliphatic heterocycles. The fourth-order valence-electron chi connectivity index (χ4n) is 10.3. The second-order valence-corrected chi connectivity index (χ2v) is 19.6. The number of likely N-dealkylation sites (tertiary alicyclic amines) is 1. The summed E-state index contributed by atoms with van der Waals surface area (Å²) in [4.78, 5) is 42.3. The van der Waals surface area contributed by atoms with E-state index in [2.05, 4.69) is 20.9 Å². The van der Waals surface area contributed by atoms with Gasteiger partial charge in [-0.2, -0.15) is 0 Å². The lowest BCUT2D eigenvalue weighted by Gasteiger charge is -2.49. The van der Waals surface area contributed by atoms with Crippen LogP contribution in [0.3, 0.4) is 0 Å². The van der Waals surface area contributed by atoms with Crippen LogP contribution in [0.4, 0.5) is 0 Å². The highest BCUT2D eigenvalue weighted by atomic mass is 16.7. The first kappa shape index (κ1) is 55.9. The predicted molar refractivity (Wildman–Crippen MR) is 249 cm³/mol. The Morgan fingerprint density at radius 1 is 0.861 bits per heavy atom. The van der Waals surface area contributed by atoms with Crippen LogP contribution in [-0.4, -0.2) is 222 Å². The van der Waals surface area contributed by atoms with E-state index >= 15 is 0 Å². The smallest absolute Gasteiger partial charge is 0.251 e. The third-order valence-electron chi connectivity index (χ3n) is 14.4. The molecule has 404 valence electrons. The third-order valence-corrected chi connectivity index (χ3v) is 14.4. The number of carbonyl (C=O) groups is 3. The Hall–Kier alpha value is -3.83. The van der Waals surface area contributed by atoms with Crippen LogP contribution in [0.15, 0.2) is 30.5 Å². The Kier molecular flexibility index (Phi) is 19.5. The van der Waals surface area contributed by atoms with E-state index in [0.717, 1.165) is 17.5 Å². The van der Waals surface area contributed by atoms with E-state index in [-0.39, 0.29) is 31.9 Å². The highest BCUT2D eigenvalue weighted by Gasteiger charge is 2.53. The summed E-state index contributed by atoms with van der Waals surface area (Å²) in [5.74, 6) is -2.53. The maximum Gasteiger partial charge on any atom is 0.251 e. The number of hydrogen-bond acceptors (Lipinski definition) is 20. The van der Waals surface area contributed by atoms with Gasteiger partial charge in [0.1, 0.15) is 78.8 Å². The Morgan fingerprint density at radius 3 is 2.24 bits per heavy atom. The van der Waals surface area contributed by atoms with Gasteiger partial charge < -0.3 is 89.5 Å². The Bertz CT molecular complexity index is 2090. The van der Waals surface area contributed by atoms with Crippen molar-refractivity contribution in [2.24, 2.45) is 11.8 Å². The number of carbonyl (C=O) groups excluding carboxylic acids is 3. The first-order valence-corrected chi connectivity index (χ1v) is 25.1. The van der Waals surface area contributed by atoms with Crippen LogP contribution in [0.1, 0.15) is 77.8 Å². The molecule has 1 aromatic heterocycles. The molecule has 20 atom stereocenters. The van der Waals surface area contributed by atoms with Crippen molar-refractivity contribution in [3.8, 4) is 11.3 Å². The van der Waals surface area contributed by atoms with Crippen LogP contribution in [0.25, 0.3) is 11.3 Å². The first-order valence-electron chi connectivity index (χ1n) is 25.1. The van der Waals surface area contributed by atoms with Gasteiger partial charge in [0, 0.05) is 38.0 Å². The molecule has 24 heteroatoms. The normalized spacial score (nSPS) is 37.6. The molecule has 5 fully saturated rings. The van der Waals surface area contributed by atoms with Crippen molar-refractivity contribution in [2.45, 2.75) is 183 Å². The zero-order valence-electron chi connectivity index (χ0n) is 41.4. The van der Waals surface area contributed by atoms with Gasteiger partial charge in [0.2, 0.25) is 11.8 Å². The standard InChI is InChI=1S/C48H74N6O18/c1-6-10-30(45(65)53-14-9-15-53)68-43-34(50-25(5)57)46(70-33(22-56)38(43)60)69-31-19-28(18-26(7-2)42(31)72-48-41(63)40(62)36(58)24(4)67-48)44(64)49-13-16-66-47-39(61)35(37(59)32(21-55)71-47)54-20-29(51-52-54)27-12-8-11-23(3)17-27/h8,11-12,17,20,24,26,28,30-43,46-48,55-56,58-63H,6-7,9-10,13-16,18-19,21-22H2,1-5H3,(H,49,64)(H,50,57)/t24?,26?,28?,30-,31+,32?,33-,34?,35?,36+,37+,38-,39?,40-,41?,42+,43?,46+,47-,48-/m0/s1. The average molecular weight is 1020 g/mol. The molecule has 0 bridgehead atoms. The van der Waals surface area contributed by atoms with Crippen LogP contribution in [0.2, 0.25) is 0 Å². The van der Waals surface area contributed by atoms with Crippen LogP contribution in [0, 0.1) is 18.8 Å². The lowest BCUT2D eigenvalue weighted by atomic mass is 9.75.